The molecule has 25 valence electrons. The van der Waals surface area contributed by atoms with E-state index in [1.54, 1.807) is 0 Å². The van der Waals surface area contributed by atoms with E-state index >= 15 is 0 Å². The summed E-state index contributed by atoms with van der Waals surface area (Å²) in [5.41, 5.74) is 0. The minimum Gasteiger partial charge on any atom is -0.412 e. The van der Waals surface area contributed by atoms with Crippen LogP contribution in [-0.2, 0) is 0 Å². The molecule has 0 aliphatic carbocycles. The molecule has 0 aromatic carbocycles. The van der Waals surface area contributed by atoms with Gasteiger partial charge in [0, 0.05) is 29.6 Å². The minimum absolute atomic E-state index is 0. The molecular weight excluding hydrogens is 71.0 g/mol. The van der Waals surface area contributed by atoms with Crippen LogP contribution >= 0.6 is 0 Å². The van der Waals surface area contributed by atoms with Crippen molar-refractivity contribution in [3.05, 3.63) is 0 Å². The Morgan fingerprint density at radius 2 is 0.500 bits per heavy atom. The van der Waals surface area contributed by atoms with Crippen molar-refractivity contribution in [1.82, 2.24) is 0 Å². The van der Waals surface area contributed by atoms with Gasteiger partial charge < -0.3 is 16.4 Å². The molecular formula is H6NaO3. The monoisotopic (exact) mass is 77.0 g/mol. The first kappa shape index (κ1) is 94.9. The second-order valence-corrected chi connectivity index (χ2v) is 0. The molecule has 0 rings (SSSR count). The zero-order valence-electron chi connectivity index (χ0n) is 2.50. The van der Waals surface area contributed by atoms with Crippen molar-refractivity contribution in [2.75, 3.05) is 0 Å². The van der Waals surface area contributed by atoms with Gasteiger partial charge in [-0.05, 0) is 0 Å². The van der Waals surface area contributed by atoms with E-state index in [1.807, 2.05) is 0 Å². The molecule has 0 unspecified atom stereocenters. The molecule has 6 N–H and O–H groups in total. The normalized spacial score (nSPS) is 0. The van der Waals surface area contributed by atoms with Crippen LogP contribution in [0.25, 0.3) is 0 Å². The summed E-state index contributed by atoms with van der Waals surface area (Å²) in [6.07, 6.45) is 0. The topological polar surface area (TPSA) is 94.5 Å². The fraction of sp³-hybridized carbons (Fsp3) is 0. The summed E-state index contributed by atoms with van der Waals surface area (Å²) < 4.78 is 0. The van der Waals surface area contributed by atoms with Crippen LogP contribution in [-0.4, -0.2) is 46.0 Å². The molecule has 1 radical (unpaired) electrons. The van der Waals surface area contributed by atoms with Gasteiger partial charge in [0.1, 0.15) is 0 Å². The quantitative estimate of drug-likeness (QED) is 0.278. The molecule has 0 aliphatic rings. The van der Waals surface area contributed by atoms with Gasteiger partial charge in [0.05, 0.1) is 0 Å². The van der Waals surface area contributed by atoms with Gasteiger partial charge in [-0.25, -0.2) is 0 Å². The fourth-order valence-corrected chi connectivity index (χ4v) is 0. The van der Waals surface area contributed by atoms with Crippen LogP contribution in [0.4, 0.5) is 0 Å². The predicted octanol–water partition coefficient (Wildman–Crippen LogP) is -2.85. The summed E-state index contributed by atoms with van der Waals surface area (Å²) in [6.45, 7) is 0. The molecule has 4 heavy (non-hydrogen) atoms. The zero-order chi connectivity index (χ0) is 0. The van der Waals surface area contributed by atoms with Gasteiger partial charge in [-0.1, -0.05) is 0 Å². The van der Waals surface area contributed by atoms with Gasteiger partial charge in [0.15, 0.2) is 0 Å². The first-order chi connectivity index (χ1) is 0. The van der Waals surface area contributed by atoms with Gasteiger partial charge in [0.2, 0.25) is 0 Å². The number of rotatable bonds is 0. The van der Waals surface area contributed by atoms with E-state index < -0.39 is 0 Å². The molecule has 0 aliphatic heterocycles. The molecule has 0 amide bonds. The third-order valence-electron chi connectivity index (χ3n) is 0. The Bertz CT molecular complexity index is 3.25. The van der Waals surface area contributed by atoms with E-state index in [0.717, 1.165) is 0 Å². The smallest absolute Gasteiger partial charge is 0 e. The Morgan fingerprint density at radius 1 is 0.500 bits per heavy atom. The van der Waals surface area contributed by atoms with Crippen molar-refractivity contribution in [2.24, 2.45) is 0 Å². The molecule has 0 bridgehead atoms. The maximum absolute atomic E-state index is 0. The average molecular weight is 77.0 g/mol. The molecule has 4 heteroatoms. The molecule has 0 saturated heterocycles. The van der Waals surface area contributed by atoms with Crippen molar-refractivity contribution in [3.63, 3.8) is 0 Å². The fourth-order valence-electron chi connectivity index (χ4n) is 0. The SMILES string of the molecule is O.O.O.[Na]. The zero-order valence-corrected chi connectivity index (χ0v) is 4.50. The van der Waals surface area contributed by atoms with E-state index in [0.29, 0.717) is 0 Å². The van der Waals surface area contributed by atoms with E-state index in [4.69, 9.17) is 0 Å². The van der Waals surface area contributed by atoms with Crippen LogP contribution < -0.4 is 0 Å². The van der Waals surface area contributed by atoms with Crippen LogP contribution in [0.2, 0.25) is 0 Å². The first-order valence-corrected chi connectivity index (χ1v) is 0. The van der Waals surface area contributed by atoms with Crippen molar-refractivity contribution >= 4 is 29.6 Å². The van der Waals surface area contributed by atoms with E-state index in [2.05, 4.69) is 0 Å². The molecule has 0 aromatic heterocycles. The van der Waals surface area contributed by atoms with Crippen LogP contribution in [0.5, 0.6) is 0 Å². The second kappa shape index (κ2) is 41.6. The van der Waals surface area contributed by atoms with Gasteiger partial charge in [-0.2, -0.15) is 0 Å². The van der Waals surface area contributed by atoms with E-state index in [1.165, 1.54) is 0 Å². The molecule has 3 nitrogen and oxygen atoms in total. The van der Waals surface area contributed by atoms with Crippen molar-refractivity contribution in [2.45, 2.75) is 0 Å². The maximum atomic E-state index is 0. The standard InChI is InChI=1S/Na.3H2O/h;3*1H2. The molecule has 0 atom stereocenters. The van der Waals surface area contributed by atoms with Crippen LogP contribution in [0.1, 0.15) is 0 Å². The summed E-state index contributed by atoms with van der Waals surface area (Å²) in [7, 11) is 0. The van der Waals surface area contributed by atoms with Gasteiger partial charge in [-0.15, -0.1) is 0 Å². The van der Waals surface area contributed by atoms with E-state index in [-0.39, 0.29) is 46.0 Å². The van der Waals surface area contributed by atoms with Crippen LogP contribution in [0, 0.1) is 0 Å². The Hall–Kier alpha value is 0.880. The van der Waals surface area contributed by atoms with Crippen molar-refractivity contribution < 1.29 is 16.4 Å². The average Bonchev–Trinajstić information content (AvgIpc) is 0. The van der Waals surface area contributed by atoms with E-state index in [9.17, 15) is 0 Å². The van der Waals surface area contributed by atoms with Crippen LogP contribution in [0.15, 0.2) is 0 Å². The predicted molar refractivity (Wildman–Crippen MR) is 16.6 cm³/mol. The summed E-state index contributed by atoms with van der Waals surface area (Å²) in [4.78, 5) is 0. The van der Waals surface area contributed by atoms with Gasteiger partial charge in [0.25, 0.3) is 0 Å². The summed E-state index contributed by atoms with van der Waals surface area (Å²) in [5.74, 6) is 0. The molecule has 0 heterocycles. The van der Waals surface area contributed by atoms with Crippen molar-refractivity contribution in [1.29, 1.82) is 0 Å². The number of hydrogen-bond acceptors (Lipinski definition) is 0. The Kier molecular flexibility index (Phi) is 986. The second-order valence-electron chi connectivity index (χ2n) is 0. The molecule has 0 saturated carbocycles. The largest absolute Gasteiger partial charge is 0.412 e. The first-order valence-electron chi connectivity index (χ1n) is 0. The summed E-state index contributed by atoms with van der Waals surface area (Å²) >= 11 is 0. The maximum Gasteiger partial charge on any atom is 0 e. The Morgan fingerprint density at radius 3 is 0.500 bits per heavy atom. The Balaban J connectivity index is 0. The number of hydrogen-bond donors (Lipinski definition) is 0. The molecule has 0 aromatic rings. The summed E-state index contributed by atoms with van der Waals surface area (Å²) in [6, 6.07) is 0. The van der Waals surface area contributed by atoms with Gasteiger partial charge in [-0.3, -0.25) is 0 Å². The third kappa shape index (κ3) is 13.1. The van der Waals surface area contributed by atoms with Crippen molar-refractivity contribution in [3.8, 4) is 0 Å². The minimum atomic E-state index is 0. The third-order valence-corrected chi connectivity index (χ3v) is 0. The summed E-state index contributed by atoms with van der Waals surface area (Å²) in [5, 5.41) is 0. The van der Waals surface area contributed by atoms with Gasteiger partial charge >= 0.3 is 0 Å². The molecule has 0 fully saturated rings. The van der Waals surface area contributed by atoms with Crippen LogP contribution in [0.3, 0.4) is 0 Å². The Labute approximate surface area is 46.2 Å². The molecule has 0 spiro atoms.